The van der Waals surface area contributed by atoms with E-state index in [9.17, 15) is 10.2 Å². The van der Waals surface area contributed by atoms with Gasteiger partial charge in [-0.05, 0) is 25.2 Å². The van der Waals surface area contributed by atoms with Crippen LogP contribution < -0.4 is 0 Å². The van der Waals surface area contributed by atoms with Gasteiger partial charge in [0, 0.05) is 0 Å². The molecule has 2 unspecified atom stereocenters. The van der Waals surface area contributed by atoms with Crippen LogP contribution in [0.2, 0.25) is 0 Å². The fraction of sp³-hybridized carbons (Fsp3) is 0.800. The van der Waals surface area contributed by atoms with E-state index in [1.165, 1.54) is 0 Å². The molecular formula is C10H18O2. The molecule has 2 nitrogen and oxygen atoms in total. The highest BCUT2D eigenvalue weighted by Crippen LogP contribution is 2.33. The Morgan fingerprint density at radius 3 is 2.50 bits per heavy atom. The smallest absolute Gasteiger partial charge is 0.0911 e. The summed E-state index contributed by atoms with van der Waals surface area (Å²) in [5.41, 5.74) is -0.954. The highest BCUT2D eigenvalue weighted by Gasteiger charge is 2.35. The maximum Gasteiger partial charge on any atom is 0.0911 e. The third-order valence-corrected chi connectivity index (χ3v) is 2.54. The molecule has 12 heavy (non-hydrogen) atoms. The van der Waals surface area contributed by atoms with Crippen LogP contribution in [0.3, 0.4) is 0 Å². The minimum Gasteiger partial charge on any atom is -0.390 e. The van der Waals surface area contributed by atoms with Gasteiger partial charge < -0.3 is 10.2 Å². The topological polar surface area (TPSA) is 40.5 Å². The molecule has 0 aromatic carbocycles. The van der Waals surface area contributed by atoms with Crippen LogP contribution in [0.5, 0.6) is 0 Å². The maximum absolute atomic E-state index is 9.75. The first-order valence-corrected chi connectivity index (χ1v) is 4.42. The largest absolute Gasteiger partial charge is 0.390 e. The van der Waals surface area contributed by atoms with Gasteiger partial charge in [-0.1, -0.05) is 26.0 Å². The van der Waals surface area contributed by atoms with Crippen LogP contribution in [-0.2, 0) is 0 Å². The highest BCUT2D eigenvalue weighted by atomic mass is 16.3. The molecule has 0 radical (unpaired) electrons. The summed E-state index contributed by atoms with van der Waals surface area (Å²) in [6.45, 7) is 5.81. The van der Waals surface area contributed by atoms with E-state index in [1.54, 1.807) is 6.92 Å². The molecule has 0 aromatic heterocycles. The summed E-state index contributed by atoms with van der Waals surface area (Å²) in [5, 5.41) is 19.4. The second-order valence-electron chi connectivity index (χ2n) is 4.67. The third kappa shape index (κ3) is 2.08. The summed E-state index contributed by atoms with van der Waals surface area (Å²) in [4.78, 5) is 0. The molecule has 2 N–H and O–H groups in total. The van der Waals surface area contributed by atoms with Gasteiger partial charge in [0.25, 0.3) is 0 Å². The lowest BCUT2D eigenvalue weighted by Crippen LogP contribution is -2.39. The van der Waals surface area contributed by atoms with E-state index in [0.717, 1.165) is 0 Å². The van der Waals surface area contributed by atoms with Gasteiger partial charge in [0.1, 0.15) is 0 Å². The first kappa shape index (κ1) is 9.75. The lowest BCUT2D eigenvalue weighted by molar-refractivity contribution is -0.0690. The van der Waals surface area contributed by atoms with Crippen LogP contribution in [0, 0.1) is 5.41 Å². The summed E-state index contributed by atoms with van der Waals surface area (Å²) < 4.78 is 0. The summed E-state index contributed by atoms with van der Waals surface area (Å²) in [7, 11) is 0. The van der Waals surface area contributed by atoms with Crippen molar-refractivity contribution in [2.75, 3.05) is 0 Å². The van der Waals surface area contributed by atoms with E-state index in [0.29, 0.717) is 12.8 Å². The molecule has 0 saturated carbocycles. The Hall–Kier alpha value is -0.340. The van der Waals surface area contributed by atoms with Crippen LogP contribution in [0.15, 0.2) is 12.2 Å². The molecule has 0 bridgehead atoms. The molecule has 2 atom stereocenters. The van der Waals surface area contributed by atoms with Crippen molar-refractivity contribution in [3.8, 4) is 0 Å². The maximum atomic E-state index is 9.75. The minimum absolute atomic E-state index is 0.0000926. The molecule has 0 spiro atoms. The monoisotopic (exact) mass is 170 g/mol. The van der Waals surface area contributed by atoms with Crippen molar-refractivity contribution in [2.45, 2.75) is 45.3 Å². The molecule has 1 aliphatic rings. The van der Waals surface area contributed by atoms with Gasteiger partial charge in [-0.25, -0.2) is 0 Å². The number of aliphatic hydroxyl groups excluding tert-OH is 1. The first-order chi connectivity index (χ1) is 5.33. The molecule has 0 fully saturated rings. The molecule has 1 aliphatic carbocycles. The number of hydrogen-bond acceptors (Lipinski definition) is 2. The van der Waals surface area contributed by atoms with Gasteiger partial charge in [0.15, 0.2) is 0 Å². The Morgan fingerprint density at radius 1 is 1.33 bits per heavy atom. The van der Waals surface area contributed by atoms with Crippen molar-refractivity contribution in [2.24, 2.45) is 5.41 Å². The Kier molecular flexibility index (Phi) is 2.32. The molecule has 0 amide bonds. The van der Waals surface area contributed by atoms with Crippen LogP contribution in [0.1, 0.15) is 33.6 Å². The molecule has 1 rings (SSSR count). The predicted molar refractivity (Wildman–Crippen MR) is 48.8 cm³/mol. The lowest BCUT2D eigenvalue weighted by atomic mass is 9.84. The highest BCUT2D eigenvalue weighted by molar-refractivity contribution is 5.05. The van der Waals surface area contributed by atoms with Crippen molar-refractivity contribution in [1.29, 1.82) is 0 Å². The van der Waals surface area contributed by atoms with E-state index in [1.807, 2.05) is 6.08 Å². The van der Waals surface area contributed by atoms with Crippen LogP contribution in [0.4, 0.5) is 0 Å². The van der Waals surface area contributed by atoms with Crippen molar-refractivity contribution in [1.82, 2.24) is 0 Å². The summed E-state index contributed by atoms with van der Waals surface area (Å²) in [6.07, 6.45) is 4.56. The predicted octanol–water partition coefficient (Wildman–Crippen LogP) is 1.47. The van der Waals surface area contributed by atoms with Crippen molar-refractivity contribution >= 4 is 0 Å². The lowest BCUT2D eigenvalue weighted by Gasteiger charge is -2.30. The molecular weight excluding hydrogens is 152 g/mol. The second-order valence-corrected chi connectivity index (χ2v) is 4.67. The van der Waals surface area contributed by atoms with Crippen molar-refractivity contribution < 1.29 is 10.2 Å². The van der Waals surface area contributed by atoms with Crippen molar-refractivity contribution in [3.63, 3.8) is 0 Å². The second kappa shape index (κ2) is 2.86. The zero-order chi connectivity index (χ0) is 9.41. The Labute approximate surface area is 73.9 Å². The Morgan fingerprint density at radius 2 is 1.92 bits per heavy atom. The van der Waals surface area contributed by atoms with E-state index in [4.69, 9.17) is 0 Å². The van der Waals surface area contributed by atoms with Gasteiger partial charge in [-0.15, -0.1) is 0 Å². The van der Waals surface area contributed by atoms with Crippen LogP contribution >= 0.6 is 0 Å². The Balaban J connectivity index is 2.80. The third-order valence-electron chi connectivity index (χ3n) is 2.54. The summed E-state index contributed by atoms with van der Waals surface area (Å²) in [5.74, 6) is 0. The summed E-state index contributed by atoms with van der Waals surface area (Å²) >= 11 is 0. The average Bonchev–Trinajstić information content (AvgIpc) is 1.90. The van der Waals surface area contributed by atoms with Gasteiger partial charge >= 0.3 is 0 Å². The number of allylic oxidation sites excluding steroid dienone is 1. The quantitative estimate of drug-likeness (QED) is 0.540. The molecule has 0 saturated heterocycles. The number of aliphatic hydroxyl groups is 2. The molecule has 0 heterocycles. The standard InChI is InChI=1S/C10H18O2/c1-9(2)5-4-6-10(3,12)8(11)7-9/h4-5,8,11-12H,6-7H2,1-3H3. The first-order valence-electron chi connectivity index (χ1n) is 4.42. The molecule has 2 heteroatoms. The van der Waals surface area contributed by atoms with Crippen LogP contribution in [0.25, 0.3) is 0 Å². The number of rotatable bonds is 0. The van der Waals surface area contributed by atoms with E-state index in [-0.39, 0.29) is 5.41 Å². The van der Waals surface area contributed by atoms with E-state index >= 15 is 0 Å². The van der Waals surface area contributed by atoms with Gasteiger partial charge in [0.2, 0.25) is 0 Å². The van der Waals surface area contributed by atoms with Crippen molar-refractivity contribution in [3.05, 3.63) is 12.2 Å². The summed E-state index contributed by atoms with van der Waals surface area (Å²) in [6, 6.07) is 0. The molecule has 0 aromatic rings. The van der Waals surface area contributed by atoms with Crippen LogP contribution in [-0.4, -0.2) is 21.9 Å². The SMILES string of the molecule is CC1(C)C=CCC(C)(O)C(O)C1. The van der Waals surface area contributed by atoms with E-state index < -0.39 is 11.7 Å². The normalized spacial score (nSPS) is 40.9. The Bertz CT molecular complexity index is 192. The number of hydrogen-bond donors (Lipinski definition) is 2. The minimum atomic E-state index is -0.954. The zero-order valence-corrected chi connectivity index (χ0v) is 8.04. The van der Waals surface area contributed by atoms with Gasteiger partial charge in [-0.2, -0.15) is 0 Å². The fourth-order valence-corrected chi connectivity index (χ4v) is 1.54. The fourth-order valence-electron chi connectivity index (χ4n) is 1.54. The van der Waals surface area contributed by atoms with Gasteiger partial charge in [-0.3, -0.25) is 0 Å². The zero-order valence-electron chi connectivity index (χ0n) is 8.04. The van der Waals surface area contributed by atoms with E-state index in [2.05, 4.69) is 19.9 Å². The molecule has 0 aliphatic heterocycles. The molecule has 70 valence electrons. The average molecular weight is 170 g/mol. The van der Waals surface area contributed by atoms with Gasteiger partial charge in [0.05, 0.1) is 11.7 Å².